The first-order chi connectivity index (χ1) is 13.2. The summed E-state index contributed by atoms with van der Waals surface area (Å²) in [4.78, 5) is 14.6. The number of amides is 1. The van der Waals surface area contributed by atoms with Crippen molar-refractivity contribution in [1.29, 1.82) is 0 Å². The molecule has 0 atom stereocenters. The number of methoxy groups -OCH3 is 2. The zero-order chi connectivity index (χ0) is 19.2. The highest BCUT2D eigenvalue weighted by atomic mass is 16.5. The van der Waals surface area contributed by atoms with Crippen molar-refractivity contribution in [2.75, 3.05) is 20.8 Å². The molecule has 1 aromatic heterocycles. The summed E-state index contributed by atoms with van der Waals surface area (Å²) in [5.41, 5.74) is 2.36. The quantitative estimate of drug-likeness (QED) is 0.637. The summed E-state index contributed by atoms with van der Waals surface area (Å²) in [5, 5.41) is 11.1. The Hall–Kier alpha value is -3.42. The molecule has 0 saturated carbocycles. The average Bonchev–Trinajstić information content (AvgIpc) is 3.26. The van der Waals surface area contributed by atoms with Crippen LogP contribution in [-0.2, 0) is 6.54 Å². The van der Waals surface area contributed by atoms with Gasteiger partial charge < -0.3 is 14.4 Å². The SMILES string of the molecule is CCN(Cc1ccc(OC)c(OC)c1)C(=O)c1ccc(-n2cnnn2)cc1. The van der Waals surface area contributed by atoms with E-state index in [9.17, 15) is 4.79 Å². The molecule has 27 heavy (non-hydrogen) atoms. The Labute approximate surface area is 157 Å². The van der Waals surface area contributed by atoms with E-state index in [2.05, 4.69) is 15.5 Å². The molecule has 0 aliphatic rings. The van der Waals surface area contributed by atoms with Gasteiger partial charge in [0.15, 0.2) is 11.5 Å². The third kappa shape index (κ3) is 4.05. The third-order valence-corrected chi connectivity index (χ3v) is 4.22. The monoisotopic (exact) mass is 367 g/mol. The molecule has 0 N–H and O–H groups in total. The van der Waals surface area contributed by atoms with E-state index in [1.165, 1.54) is 11.0 Å². The fourth-order valence-corrected chi connectivity index (χ4v) is 2.75. The number of nitrogens with zero attached hydrogens (tertiary/aromatic N) is 5. The minimum absolute atomic E-state index is 0.0458. The van der Waals surface area contributed by atoms with Crippen LogP contribution in [0.1, 0.15) is 22.8 Å². The molecule has 3 aromatic rings. The van der Waals surface area contributed by atoms with Gasteiger partial charge in [0, 0.05) is 18.7 Å². The molecule has 0 spiro atoms. The van der Waals surface area contributed by atoms with Crippen molar-refractivity contribution in [3.8, 4) is 17.2 Å². The summed E-state index contributed by atoms with van der Waals surface area (Å²) < 4.78 is 12.1. The van der Waals surface area contributed by atoms with Crippen LogP contribution in [0.25, 0.3) is 5.69 Å². The van der Waals surface area contributed by atoms with E-state index in [-0.39, 0.29) is 5.91 Å². The van der Waals surface area contributed by atoms with Crippen LogP contribution in [0.15, 0.2) is 48.8 Å². The predicted molar refractivity (Wildman–Crippen MR) is 99.1 cm³/mol. The fourth-order valence-electron chi connectivity index (χ4n) is 2.75. The Morgan fingerprint density at radius 1 is 1.07 bits per heavy atom. The molecule has 1 amide bonds. The van der Waals surface area contributed by atoms with E-state index in [1.807, 2.05) is 37.3 Å². The smallest absolute Gasteiger partial charge is 0.254 e. The maximum absolute atomic E-state index is 12.9. The summed E-state index contributed by atoms with van der Waals surface area (Å²) in [6.07, 6.45) is 1.51. The van der Waals surface area contributed by atoms with Crippen LogP contribution in [0.5, 0.6) is 11.5 Å². The van der Waals surface area contributed by atoms with Crippen molar-refractivity contribution in [3.63, 3.8) is 0 Å². The number of carbonyl (C=O) groups excluding carboxylic acids is 1. The molecule has 0 aliphatic heterocycles. The summed E-state index contributed by atoms with van der Waals surface area (Å²) >= 11 is 0. The molecule has 1 heterocycles. The summed E-state index contributed by atoms with van der Waals surface area (Å²) in [7, 11) is 3.19. The van der Waals surface area contributed by atoms with Crippen LogP contribution < -0.4 is 9.47 Å². The van der Waals surface area contributed by atoms with Crippen LogP contribution >= 0.6 is 0 Å². The Morgan fingerprint density at radius 2 is 1.81 bits per heavy atom. The Balaban J connectivity index is 1.76. The van der Waals surface area contributed by atoms with Gasteiger partial charge in [-0.05, 0) is 59.3 Å². The van der Waals surface area contributed by atoms with Crippen molar-refractivity contribution in [3.05, 3.63) is 59.9 Å². The van der Waals surface area contributed by atoms with Crippen molar-refractivity contribution in [2.45, 2.75) is 13.5 Å². The Bertz CT molecular complexity index is 894. The van der Waals surface area contributed by atoms with Crippen molar-refractivity contribution in [1.82, 2.24) is 25.1 Å². The summed E-state index contributed by atoms with van der Waals surface area (Å²) in [5.74, 6) is 1.26. The zero-order valence-electron chi connectivity index (χ0n) is 15.5. The molecule has 0 unspecified atom stereocenters. The molecule has 2 aromatic carbocycles. The second kappa shape index (κ2) is 8.31. The molecule has 0 fully saturated rings. The van der Waals surface area contributed by atoms with E-state index < -0.39 is 0 Å². The summed E-state index contributed by atoms with van der Waals surface area (Å²) in [6, 6.07) is 12.8. The molecule has 0 saturated heterocycles. The molecule has 8 heteroatoms. The van der Waals surface area contributed by atoms with Gasteiger partial charge in [0.05, 0.1) is 19.9 Å². The maximum atomic E-state index is 12.9. The highest BCUT2D eigenvalue weighted by Crippen LogP contribution is 2.28. The first-order valence-corrected chi connectivity index (χ1v) is 8.49. The number of benzene rings is 2. The summed E-state index contributed by atoms with van der Waals surface area (Å²) in [6.45, 7) is 3.01. The lowest BCUT2D eigenvalue weighted by Gasteiger charge is -2.22. The van der Waals surface area contributed by atoms with Crippen LogP contribution in [0.4, 0.5) is 0 Å². The number of carbonyl (C=O) groups is 1. The van der Waals surface area contributed by atoms with Gasteiger partial charge in [-0.15, -0.1) is 5.10 Å². The van der Waals surface area contributed by atoms with E-state index in [0.717, 1.165) is 11.3 Å². The first-order valence-electron chi connectivity index (χ1n) is 8.49. The molecule has 8 nitrogen and oxygen atoms in total. The zero-order valence-corrected chi connectivity index (χ0v) is 15.5. The standard InChI is InChI=1S/C19H21N5O3/c1-4-23(12-14-5-10-17(26-2)18(11-14)27-3)19(25)15-6-8-16(9-7-15)24-13-20-21-22-24/h5-11,13H,4,12H2,1-3H3. The highest BCUT2D eigenvalue weighted by Gasteiger charge is 2.16. The molecule has 0 radical (unpaired) electrons. The van der Waals surface area contributed by atoms with Gasteiger partial charge in [-0.2, -0.15) is 0 Å². The lowest BCUT2D eigenvalue weighted by atomic mass is 10.1. The van der Waals surface area contributed by atoms with Crippen LogP contribution in [0.2, 0.25) is 0 Å². The largest absolute Gasteiger partial charge is 0.493 e. The van der Waals surface area contributed by atoms with E-state index in [4.69, 9.17) is 9.47 Å². The predicted octanol–water partition coefficient (Wildman–Crippen LogP) is 2.34. The number of hydrogen-bond donors (Lipinski definition) is 0. The third-order valence-electron chi connectivity index (χ3n) is 4.22. The van der Waals surface area contributed by atoms with Crippen LogP contribution in [0, 0.1) is 0 Å². The number of aromatic nitrogens is 4. The number of ether oxygens (including phenoxy) is 2. The molecular formula is C19H21N5O3. The minimum Gasteiger partial charge on any atom is -0.493 e. The second-order valence-electron chi connectivity index (χ2n) is 5.81. The minimum atomic E-state index is -0.0458. The van der Waals surface area contributed by atoms with Gasteiger partial charge in [0.2, 0.25) is 0 Å². The van der Waals surface area contributed by atoms with Gasteiger partial charge >= 0.3 is 0 Å². The van der Waals surface area contributed by atoms with E-state index in [0.29, 0.717) is 30.2 Å². The van der Waals surface area contributed by atoms with Gasteiger partial charge in [0.25, 0.3) is 5.91 Å². The average molecular weight is 367 g/mol. The lowest BCUT2D eigenvalue weighted by molar-refractivity contribution is 0.0752. The van der Waals surface area contributed by atoms with Gasteiger partial charge in [-0.3, -0.25) is 4.79 Å². The van der Waals surface area contributed by atoms with E-state index in [1.54, 1.807) is 31.3 Å². The second-order valence-corrected chi connectivity index (χ2v) is 5.81. The molecule has 140 valence electrons. The van der Waals surface area contributed by atoms with Crippen LogP contribution in [0.3, 0.4) is 0 Å². The van der Waals surface area contributed by atoms with Crippen LogP contribution in [-0.4, -0.2) is 51.8 Å². The van der Waals surface area contributed by atoms with Crippen molar-refractivity contribution in [2.24, 2.45) is 0 Å². The number of hydrogen-bond acceptors (Lipinski definition) is 6. The van der Waals surface area contributed by atoms with Gasteiger partial charge in [-0.1, -0.05) is 6.07 Å². The van der Waals surface area contributed by atoms with Gasteiger partial charge in [0.1, 0.15) is 6.33 Å². The molecular weight excluding hydrogens is 346 g/mol. The molecule has 3 rings (SSSR count). The Morgan fingerprint density at radius 3 is 2.41 bits per heavy atom. The topological polar surface area (TPSA) is 82.4 Å². The van der Waals surface area contributed by atoms with E-state index >= 15 is 0 Å². The maximum Gasteiger partial charge on any atom is 0.254 e. The van der Waals surface area contributed by atoms with Crippen molar-refractivity contribution >= 4 is 5.91 Å². The number of rotatable bonds is 7. The molecule has 0 aliphatic carbocycles. The first kappa shape index (κ1) is 18.4. The molecule has 0 bridgehead atoms. The lowest BCUT2D eigenvalue weighted by Crippen LogP contribution is -2.30. The normalized spacial score (nSPS) is 10.5. The highest BCUT2D eigenvalue weighted by molar-refractivity contribution is 5.94. The van der Waals surface area contributed by atoms with Gasteiger partial charge in [-0.25, -0.2) is 4.68 Å². The Kier molecular flexibility index (Phi) is 5.65. The van der Waals surface area contributed by atoms with Crippen molar-refractivity contribution < 1.29 is 14.3 Å². The fraction of sp³-hybridized carbons (Fsp3) is 0.263. The number of tetrazole rings is 1.